The van der Waals surface area contributed by atoms with Gasteiger partial charge in [0.05, 0.1) is 12.7 Å². The monoisotopic (exact) mass is 377 g/mol. The quantitative estimate of drug-likeness (QED) is 0.554. The van der Waals surface area contributed by atoms with Crippen LogP contribution in [0, 0.1) is 5.82 Å². The number of ether oxygens (including phenoxy) is 1. The number of hydrogen-bond donors (Lipinski definition) is 1. The molecule has 134 valence electrons. The average Bonchev–Trinajstić information content (AvgIpc) is 2.61. The maximum Gasteiger partial charge on any atom is 0.337 e. The highest BCUT2D eigenvalue weighted by atomic mass is 32.2. The lowest BCUT2D eigenvalue weighted by Crippen LogP contribution is -2.16. The second-order valence-electron chi connectivity index (χ2n) is 5.25. The van der Waals surface area contributed by atoms with E-state index in [4.69, 9.17) is 4.42 Å². The lowest BCUT2D eigenvalue weighted by molar-refractivity contribution is 0.0600. The minimum Gasteiger partial charge on any atom is -0.465 e. The zero-order valence-electron chi connectivity index (χ0n) is 13.4. The summed E-state index contributed by atoms with van der Waals surface area (Å²) >= 11 is 0. The summed E-state index contributed by atoms with van der Waals surface area (Å²) in [5.41, 5.74) is -0.226. The van der Waals surface area contributed by atoms with E-state index in [-0.39, 0.29) is 16.8 Å². The number of methoxy groups -OCH3 is 1. The number of hydrogen-bond acceptors (Lipinski definition) is 6. The molecule has 3 aromatic rings. The Bertz CT molecular complexity index is 1170. The van der Waals surface area contributed by atoms with Crippen LogP contribution in [0.4, 0.5) is 10.1 Å². The van der Waals surface area contributed by atoms with Gasteiger partial charge in [-0.3, -0.25) is 4.72 Å². The van der Waals surface area contributed by atoms with Crippen molar-refractivity contribution in [2.24, 2.45) is 0 Å². The van der Waals surface area contributed by atoms with Crippen LogP contribution in [0.5, 0.6) is 0 Å². The smallest absolute Gasteiger partial charge is 0.337 e. The third-order valence-corrected chi connectivity index (χ3v) is 4.91. The Balaban J connectivity index is 2.00. The van der Waals surface area contributed by atoms with E-state index in [1.165, 1.54) is 30.3 Å². The van der Waals surface area contributed by atoms with Crippen molar-refractivity contribution in [3.8, 4) is 0 Å². The number of halogens is 1. The normalized spacial score (nSPS) is 11.3. The van der Waals surface area contributed by atoms with Crippen LogP contribution in [0.1, 0.15) is 10.4 Å². The molecule has 3 rings (SSSR count). The fourth-order valence-electron chi connectivity index (χ4n) is 2.30. The van der Waals surface area contributed by atoms with Crippen LogP contribution in [-0.4, -0.2) is 21.5 Å². The zero-order valence-corrected chi connectivity index (χ0v) is 14.2. The minimum absolute atomic E-state index is 0.102. The van der Waals surface area contributed by atoms with Gasteiger partial charge in [-0.05, 0) is 42.5 Å². The first-order valence-corrected chi connectivity index (χ1v) is 8.73. The van der Waals surface area contributed by atoms with E-state index in [0.717, 1.165) is 25.3 Å². The molecule has 0 fully saturated rings. The van der Waals surface area contributed by atoms with Crippen LogP contribution in [0.15, 0.2) is 62.6 Å². The second kappa shape index (κ2) is 6.60. The Kier molecular flexibility index (Phi) is 4.47. The van der Waals surface area contributed by atoms with Gasteiger partial charge < -0.3 is 9.15 Å². The summed E-state index contributed by atoms with van der Waals surface area (Å²) in [5.74, 6) is -1.81. The molecule has 0 amide bonds. The van der Waals surface area contributed by atoms with Gasteiger partial charge in [-0.2, -0.15) is 0 Å². The molecule has 2 aromatic carbocycles. The van der Waals surface area contributed by atoms with Gasteiger partial charge in [-0.1, -0.05) is 0 Å². The number of anilines is 1. The van der Waals surface area contributed by atoms with Crippen molar-refractivity contribution in [2.45, 2.75) is 4.90 Å². The fraction of sp³-hybridized carbons (Fsp3) is 0.0588. The van der Waals surface area contributed by atoms with Crippen molar-refractivity contribution in [1.82, 2.24) is 0 Å². The molecule has 0 aliphatic rings. The molecular formula is C17H12FNO6S. The van der Waals surface area contributed by atoms with Gasteiger partial charge in [0.2, 0.25) is 0 Å². The van der Waals surface area contributed by atoms with Crippen molar-refractivity contribution in [1.29, 1.82) is 0 Å². The third kappa shape index (κ3) is 3.42. The molecule has 0 aliphatic heterocycles. The number of fused-ring (bicyclic) bond motifs is 1. The SMILES string of the molecule is COC(=O)c1ccc(F)c(S(=O)(=O)Nc2ccc3oc(=O)ccc3c2)c1. The molecule has 7 nitrogen and oxygen atoms in total. The van der Waals surface area contributed by atoms with Gasteiger partial charge in [0.1, 0.15) is 16.3 Å². The maximum atomic E-state index is 14.0. The molecular weight excluding hydrogens is 365 g/mol. The van der Waals surface area contributed by atoms with Crippen molar-refractivity contribution in [2.75, 3.05) is 11.8 Å². The highest BCUT2D eigenvalue weighted by Gasteiger charge is 2.22. The first kappa shape index (κ1) is 17.6. The Morgan fingerprint density at radius 3 is 2.62 bits per heavy atom. The van der Waals surface area contributed by atoms with Crippen LogP contribution in [0.2, 0.25) is 0 Å². The fourth-order valence-corrected chi connectivity index (χ4v) is 3.45. The van der Waals surface area contributed by atoms with Crippen LogP contribution < -0.4 is 10.3 Å². The highest BCUT2D eigenvalue weighted by Crippen LogP contribution is 2.23. The number of carbonyl (C=O) groups is 1. The minimum atomic E-state index is -4.31. The lowest BCUT2D eigenvalue weighted by Gasteiger charge is -2.10. The number of nitrogens with one attached hydrogen (secondary N) is 1. The van der Waals surface area contributed by atoms with E-state index in [2.05, 4.69) is 9.46 Å². The Labute approximate surface area is 147 Å². The molecule has 0 unspecified atom stereocenters. The summed E-state index contributed by atoms with van der Waals surface area (Å²) in [6.07, 6.45) is 0. The standard InChI is InChI=1S/C17H12FNO6S/c1-24-17(21)11-2-5-13(18)15(9-11)26(22,23)19-12-4-6-14-10(8-12)3-7-16(20)25-14/h2-9,19H,1H3. The van der Waals surface area contributed by atoms with Crippen LogP contribution in [0.25, 0.3) is 11.0 Å². The first-order valence-electron chi connectivity index (χ1n) is 7.25. The van der Waals surface area contributed by atoms with E-state index < -0.39 is 32.3 Å². The van der Waals surface area contributed by atoms with Crippen molar-refractivity contribution < 1.29 is 26.8 Å². The summed E-state index contributed by atoms with van der Waals surface area (Å²) in [7, 11) is -3.18. The summed E-state index contributed by atoms with van der Waals surface area (Å²) in [6.45, 7) is 0. The van der Waals surface area contributed by atoms with Gasteiger partial charge in [-0.15, -0.1) is 0 Å². The van der Waals surface area contributed by atoms with Crippen LogP contribution in [-0.2, 0) is 14.8 Å². The summed E-state index contributed by atoms with van der Waals surface area (Å²) in [5, 5.41) is 0.480. The third-order valence-electron chi connectivity index (χ3n) is 3.51. The van der Waals surface area contributed by atoms with Crippen molar-refractivity contribution in [3.05, 3.63) is 70.3 Å². The van der Waals surface area contributed by atoms with E-state index >= 15 is 0 Å². The van der Waals surface area contributed by atoms with Crippen LogP contribution in [0.3, 0.4) is 0 Å². The first-order chi connectivity index (χ1) is 12.3. The highest BCUT2D eigenvalue weighted by molar-refractivity contribution is 7.92. The molecule has 26 heavy (non-hydrogen) atoms. The number of rotatable bonds is 4. The summed E-state index contributed by atoms with van der Waals surface area (Å²) < 4.78 is 50.7. The van der Waals surface area contributed by atoms with Crippen molar-refractivity contribution in [3.63, 3.8) is 0 Å². The Morgan fingerprint density at radius 1 is 1.12 bits per heavy atom. The summed E-state index contributed by atoms with van der Waals surface area (Å²) in [4.78, 5) is 22.0. The van der Waals surface area contributed by atoms with Gasteiger partial charge >= 0.3 is 11.6 Å². The number of carbonyl (C=O) groups excluding carboxylic acids is 1. The number of esters is 1. The van der Waals surface area contributed by atoms with Gasteiger partial charge in [0.15, 0.2) is 0 Å². The van der Waals surface area contributed by atoms with Crippen molar-refractivity contribution >= 4 is 32.6 Å². The van der Waals surface area contributed by atoms with Gasteiger partial charge in [0, 0.05) is 17.1 Å². The van der Waals surface area contributed by atoms with Crippen LogP contribution >= 0.6 is 0 Å². The van der Waals surface area contributed by atoms with E-state index in [0.29, 0.717) is 5.39 Å². The molecule has 0 aliphatic carbocycles. The average molecular weight is 377 g/mol. The number of sulfonamides is 1. The molecule has 1 N–H and O–H groups in total. The molecule has 0 saturated carbocycles. The van der Waals surface area contributed by atoms with Gasteiger partial charge in [0.25, 0.3) is 10.0 Å². The Hall–Kier alpha value is -3.20. The Morgan fingerprint density at radius 2 is 1.88 bits per heavy atom. The topological polar surface area (TPSA) is 103 Å². The molecule has 0 spiro atoms. The predicted octanol–water partition coefficient (Wildman–Crippen LogP) is 2.52. The largest absolute Gasteiger partial charge is 0.465 e. The molecule has 0 radical (unpaired) electrons. The molecule has 1 heterocycles. The van der Waals surface area contributed by atoms with E-state index in [9.17, 15) is 22.4 Å². The van der Waals surface area contributed by atoms with E-state index in [1.54, 1.807) is 0 Å². The molecule has 0 atom stereocenters. The predicted molar refractivity (Wildman–Crippen MR) is 91.0 cm³/mol. The van der Waals surface area contributed by atoms with E-state index in [1.807, 2.05) is 0 Å². The maximum absolute atomic E-state index is 14.0. The zero-order chi connectivity index (χ0) is 18.9. The number of benzene rings is 2. The molecule has 1 aromatic heterocycles. The molecule has 0 bridgehead atoms. The lowest BCUT2D eigenvalue weighted by atomic mass is 10.2. The summed E-state index contributed by atoms with van der Waals surface area (Å²) in [6, 6.07) is 9.76. The molecule has 0 saturated heterocycles. The van der Waals surface area contributed by atoms with Gasteiger partial charge in [-0.25, -0.2) is 22.4 Å². The molecule has 9 heteroatoms. The second-order valence-corrected chi connectivity index (χ2v) is 6.90.